The van der Waals surface area contributed by atoms with Crippen molar-refractivity contribution in [3.63, 3.8) is 0 Å². The molecule has 19 heavy (non-hydrogen) atoms. The smallest absolute Gasteiger partial charge is 0.124 e. The lowest BCUT2D eigenvalue weighted by Gasteiger charge is -2.38. The lowest BCUT2D eigenvalue weighted by Crippen LogP contribution is -2.39. The van der Waals surface area contributed by atoms with Gasteiger partial charge in [0, 0.05) is 30.1 Å². The van der Waals surface area contributed by atoms with Crippen molar-refractivity contribution in [2.24, 2.45) is 0 Å². The summed E-state index contributed by atoms with van der Waals surface area (Å²) in [6.07, 6.45) is 4.45. The number of para-hydroxylation sites is 1. The second-order valence-corrected chi connectivity index (χ2v) is 5.67. The van der Waals surface area contributed by atoms with Crippen LogP contribution in [0.25, 0.3) is 0 Å². The van der Waals surface area contributed by atoms with E-state index in [1.165, 1.54) is 11.1 Å². The molecule has 1 atom stereocenters. The normalized spacial score (nSPS) is 20.6. The highest BCUT2D eigenvalue weighted by molar-refractivity contribution is 5.38. The van der Waals surface area contributed by atoms with E-state index >= 15 is 0 Å². The van der Waals surface area contributed by atoms with Gasteiger partial charge in [0.15, 0.2) is 0 Å². The van der Waals surface area contributed by atoms with Gasteiger partial charge in [-0.25, -0.2) is 0 Å². The standard InChI is InChI=1S/C16H19NO2/c1-16(2)9-14(17-10-12-7-8-18-11-12)13-5-3-4-6-15(13)19-16/h3-8,11,14,17H,9-10H2,1-2H3. The van der Waals surface area contributed by atoms with Crippen LogP contribution >= 0.6 is 0 Å². The van der Waals surface area contributed by atoms with E-state index in [-0.39, 0.29) is 5.60 Å². The van der Waals surface area contributed by atoms with Crippen molar-refractivity contribution >= 4 is 0 Å². The summed E-state index contributed by atoms with van der Waals surface area (Å²) >= 11 is 0. The number of nitrogens with one attached hydrogen (secondary N) is 1. The van der Waals surface area contributed by atoms with E-state index in [4.69, 9.17) is 9.15 Å². The predicted molar refractivity (Wildman–Crippen MR) is 74.1 cm³/mol. The van der Waals surface area contributed by atoms with Crippen LogP contribution in [0.4, 0.5) is 0 Å². The Balaban J connectivity index is 1.80. The Bertz CT molecular complexity index is 546. The van der Waals surface area contributed by atoms with Gasteiger partial charge in [-0.1, -0.05) is 18.2 Å². The van der Waals surface area contributed by atoms with Gasteiger partial charge in [0.2, 0.25) is 0 Å². The van der Waals surface area contributed by atoms with Gasteiger partial charge < -0.3 is 14.5 Å². The average molecular weight is 257 g/mol. The summed E-state index contributed by atoms with van der Waals surface area (Å²) in [5.74, 6) is 0.989. The van der Waals surface area contributed by atoms with Gasteiger partial charge in [-0.15, -0.1) is 0 Å². The van der Waals surface area contributed by atoms with Crippen LogP contribution < -0.4 is 10.1 Å². The summed E-state index contributed by atoms with van der Waals surface area (Å²) in [4.78, 5) is 0. The topological polar surface area (TPSA) is 34.4 Å². The number of benzene rings is 1. The molecule has 1 aromatic carbocycles. The first-order valence-electron chi connectivity index (χ1n) is 6.66. The summed E-state index contributed by atoms with van der Waals surface area (Å²) < 4.78 is 11.1. The molecule has 0 saturated carbocycles. The van der Waals surface area contributed by atoms with Gasteiger partial charge in [0.1, 0.15) is 11.4 Å². The van der Waals surface area contributed by atoms with Gasteiger partial charge in [0.05, 0.1) is 12.5 Å². The molecule has 1 aliphatic heterocycles. The van der Waals surface area contributed by atoms with Gasteiger partial charge in [0.25, 0.3) is 0 Å². The fourth-order valence-electron chi connectivity index (χ4n) is 2.62. The molecule has 1 aliphatic rings. The van der Waals surface area contributed by atoms with E-state index < -0.39 is 0 Å². The van der Waals surface area contributed by atoms with E-state index in [1.54, 1.807) is 12.5 Å². The zero-order chi connectivity index (χ0) is 13.3. The van der Waals surface area contributed by atoms with Crippen molar-refractivity contribution in [3.8, 4) is 5.75 Å². The number of hydrogen-bond acceptors (Lipinski definition) is 3. The van der Waals surface area contributed by atoms with Crippen molar-refractivity contribution in [1.82, 2.24) is 5.32 Å². The van der Waals surface area contributed by atoms with Gasteiger partial charge in [-0.05, 0) is 26.0 Å². The molecule has 0 spiro atoms. The van der Waals surface area contributed by atoms with Crippen LogP contribution in [0.3, 0.4) is 0 Å². The van der Waals surface area contributed by atoms with Crippen molar-refractivity contribution in [3.05, 3.63) is 54.0 Å². The second kappa shape index (κ2) is 4.74. The molecule has 2 heterocycles. The third-order valence-electron chi connectivity index (χ3n) is 3.51. The van der Waals surface area contributed by atoms with E-state index in [0.29, 0.717) is 6.04 Å². The van der Waals surface area contributed by atoms with Crippen molar-refractivity contribution in [2.75, 3.05) is 0 Å². The molecular weight excluding hydrogens is 238 g/mol. The van der Waals surface area contributed by atoms with Crippen LogP contribution in [-0.4, -0.2) is 5.60 Å². The highest BCUT2D eigenvalue weighted by Crippen LogP contribution is 2.39. The van der Waals surface area contributed by atoms with Crippen molar-refractivity contribution < 1.29 is 9.15 Å². The van der Waals surface area contributed by atoms with E-state index in [1.807, 2.05) is 18.2 Å². The molecule has 0 bridgehead atoms. The zero-order valence-corrected chi connectivity index (χ0v) is 11.3. The van der Waals surface area contributed by atoms with Gasteiger partial charge in [-0.3, -0.25) is 0 Å². The third-order valence-corrected chi connectivity index (χ3v) is 3.51. The predicted octanol–water partition coefficient (Wildman–Crippen LogP) is 3.67. The minimum absolute atomic E-state index is 0.136. The molecule has 0 amide bonds. The lowest BCUT2D eigenvalue weighted by atomic mass is 9.89. The lowest BCUT2D eigenvalue weighted by molar-refractivity contribution is 0.0657. The Kier molecular flexibility index (Phi) is 3.07. The quantitative estimate of drug-likeness (QED) is 0.911. The molecule has 1 aromatic heterocycles. The van der Waals surface area contributed by atoms with E-state index in [2.05, 4.69) is 31.3 Å². The monoisotopic (exact) mass is 257 g/mol. The Labute approximate surface area is 113 Å². The van der Waals surface area contributed by atoms with Crippen LogP contribution in [0.5, 0.6) is 5.75 Å². The molecule has 3 nitrogen and oxygen atoms in total. The Morgan fingerprint density at radius 1 is 1.26 bits per heavy atom. The molecule has 3 rings (SSSR count). The zero-order valence-electron chi connectivity index (χ0n) is 11.3. The number of furan rings is 1. The Morgan fingerprint density at radius 3 is 2.89 bits per heavy atom. The van der Waals surface area contributed by atoms with Crippen molar-refractivity contribution in [2.45, 2.75) is 38.5 Å². The Morgan fingerprint density at radius 2 is 2.11 bits per heavy atom. The van der Waals surface area contributed by atoms with Gasteiger partial charge in [-0.2, -0.15) is 0 Å². The van der Waals surface area contributed by atoms with Crippen LogP contribution in [0.15, 0.2) is 47.3 Å². The third kappa shape index (κ3) is 2.66. The molecule has 1 unspecified atom stereocenters. The average Bonchev–Trinajstić information content (AvgIpc) is 2.87. The summed E-state index contributed by atoms with van der Waals surface area (Å²) in [6.45, 7) is 5.08. The summed E-state index contributed by atoms with van der Waals surface area (Å²) in [6, 6.07) is 10.6. The summed E-state index contributed by atoms with van der Waals surface area (Å²) in [5.41, 5.74) is 2.27. The molecule has 0 fully saturated rings. The first kappa shape index (κ1) is 12.3. The fraction of sp³-hybridized carbons (Fsp3) is 0.375. The first-order valence-corrected chi connectivity index (χ1v) is 6.66. The van der Waals surface area contributed by atoms with Crippen molar-refractivity contribution in [1.29, 1.82) is 0 Å². The maximum atomic E-state index is 6.03. The molecular formula is C16H19NO2. The van der Waals surface area contributed by atoms with Crippen LogP contribution in [0.1, 0.15) is 37.4 Å². The molecule has 0 saturated heterocycles. The molecule has 1 N–H and O–H groups in total. The highest BCUT2D eigenvalue weighted by Gasteiger charge is 2.33. The maximum Gasteiger partial charge on any atom is 0.124 e. The van der Waals surface area contributed by atoms with Crippen LogP contribution in [-0.2, 0) is 6.54 Å². The summed E-state index contributed by atoms with van der Waals surface area (Å²) in [5, 5.41) is 3.60. The molecule has 0 radical (unpaired) electrons. The number of fused-ring (bicyclic) bond motifs is 1. The summed E-state index contributed by atoms with van der Waals surface area (Å²) in [7, 11) is 0. The molecule has 3 heteroatoms. The fourth-order valence-corrected chi connectivity index (χ4v) is 2.62. The van der Waals surface area contributed by atoms with E-state index in [9.17, 15) is 0 Å². The maximum absolute atomic E-state index is 6.03. The number of rotatable bonds is 3. The number of hydrogen-bond donors (Lipinski definition) is 1. The number of ether oxygens (including phenoxy) is 1. The van der Waals surface area contributed by atoms with E-state index in [0.717, 1.165) is 18.7 Å². The minimum atomic E-state index is -0.136. The minimum Gasteiger partial charge on any atom is -0.487 e. The SMILES string of the molecule is CC1(C)CC(NCc2ccoc2)c2ccccc2O1. The van der Waals surface area contributed by atoms with Gasteiger partial charge >= 0.3 is 0 Å². The highest BCUT2D eigenvalue weighted by atomic mass is 16.5. The molecule has 2 aromatic rings. The largest absolute Gasteiger partial charge is 0.487 e. The van der Waals surface area contributed by atoms with Crippen LogP contribution in [0.2, 0.25) is 0 Å². The second-order valence-electron chi connectivity index (χ2n) is 5.67. The Hall–Kier alpha value is -1.74. The molecule has 100 valence electrons. The first-order chi connectivity index (χ1) is 9.14. The molecule has 0 aliphatic carbocycles. The van der Waals surface area contributed by atoms with Crippen LogP contribution in [0, 0.1) is 0 Å².